The Morgan fingerprint density at radius 3 is 2.19 bits per heavy atom. The monoisotopic (exact) mass is 439 g/mol. The minimum Gasteiger partial charge on any atom is -0.454 e. The molecule has 0 spiro atoms. The second-order valence-electron chi connectivity index (χ2n) is 7.71. The molecule has 0 radical (unpaired) electrons. The van der Waals surface area contributed by atoms with Crippen molar-refractivity contribution in [1.29, 1.82) is 0 Å². The topological polar surface area (TPSA) is 105 Å². The van der Waals surface area contributed by atoms with Crippen molar-refractivity contribution < 1.29 is 23.9 Å². The van der Waals surface area contributed by atoms with Crippen LogP contribution in [0.2, 0.25) is 0 Å². The molecule has 8 nitrogen and oxygen atoms in total. The molecular weight excluding hydrogens is 410 g/mol. The largest absolute Gasteiger partial charge is 0.454 e. The number of para-hydroxylation sites is 1. The van der Waals surface area contributed by atoms with Gasteiger partial charge in [0.1, 0.15) is 6.54 Å². The van der Waals surface area contributed by atoms with Crippen LogP contribution in [-0.4, -0.2) is 55.3 Å². The first-order chi connectivity index (χ1) is 15.1. The average molecular weight is 440 g/mol. The molecule has 0 unspecified atom stereocenters. The van der Waals surface area contributed by atoms with Crippen molar-refractivity contribution in [2.24, 2.45) is 0 Å². The summed E-state index contributed by atoms with van der Waals surface area (Å²) < 4.78 is 4.92. The number of esters is 1. The summed E-state index contributed by atoms with van der Waals surface area (Å²) in [5, 5.41) is 5.26. The summed E-state index contributed by atoms with van der Waals surface area (Å²) in [6.45, 7) is 6.53. The van der Waals surface area contributed by atoms with Crippen molar-refractivity contribution in [3.8, 4) is 0 Å². The number of amides is 3. The van der Waals surface area contributed by atoms with Gasteiger partial charge >= 0.3 is 5.97 Å². The van der Waals surface area contributed by atoms with Crippen LogP contribution >= 0.6 is 0 Å². The van der Waals surface area contributed by atoms with Gasteiger partial charge in [-0.05, 0) is 62.1 Å². The Balaban J connectivity index is 1.76. The normalized spacial score (nSPS) is 10.3. The lowest BCUT2D eigenvalue weighted by Crippen LogP contribution is -2.38. The van der Waals surface area contributed by atoms with Gasteiger partial charge in [0.2, 0.25) is 5.91 Å². The lowest BCUT2D eigenvalue weighted by atomic mass is 10.1. The van der Waals surface area contributed by atoms with Gasteiger partial charge in [-0.25, -0.2) is 0 Å². The van der Waals surface area contributed by atoms with E-state index in [4.69, 9.17) is 4.74 Å². The van der Waals surface area contributed by atoms with Gasteiger partial charge < -0.3 is 20.3 Å². The number of carbonyl (C=O) groups is 4. The van der Waals surface area contributed by atoms with Crippen molar-refractivity contribution in [3.05, 3.63) is 64.2 Å². The SMILES string of the molecule is Cc1ccc(C(=O)NCC(=O)OCC(=O)N(C)CC(=O)Nc2c(C)cccc2C)cc1C. The fourth-order valence-corrected chi connectivity index (χ4v) is 2.93. The van der Waals surface area contributed by atoms with Crippen molar-refractivity contribution in [2.75, 3.05) is 32.1 Å². The van der Waals surface area contributed by atoms with Gasteiger partial charge in [0, 0.05) is 18.3 Å². The van der Waals surface area contributed by atoms with Crippen LogP contribution in [0.3, 0.4) is 0 Å². The number of rotatable bonds is 8. The zero-order valence-corrected chi connectivity index (χ0v) is 19.1. The third kappa shape index (κ3) is 6.94. The lowest BCUT2D eigenvalue weighted by Gasteiger charge is -2.18. The first kappa shape index (κ1) is 24.6. The number of nitrogens with one attached hydrogen (secondary N) is 2. The number of hydrogen-bond donors (Lipinski definition) is 2. The van der Waals surface area contributed by atoms with Crippen LogP contribution in [-0.2, 0) is 19.1 Å². The Labute approximate surface area is 187 Å². The minimum atomic E-state index is -0.746. The van der Waals surface area contributed by atoms with Crippen molar-refractivity contribution in [2.45, 2.75) is 27.7 Å². The zero-order valence-electron chi connectivity index (χ0n) is 19.1. The third-order valence-corrected chi connectivity index (χ3v) is 5.07. The molecule has 0 aliphatic rings. The highest BCUT2D eigenvalue weighted by Gasteiger charge is 2.17. The molecule has 170 valence electrons. The van der Waals surface area contributed by atoms with Gasteiger partial charge in [0.15, 0.2) is 6.61 Å². The molecule has 0 aromatic heterocycles. The standard InChI is InChI=1S/C24H29N3O5/c1-15-9-10-19(11-18(15)4)24(31)25-12-22(30)32-14-21(29)27(5)13-20(28)26-23-16(2)7-6-8-17(23)3/h6-11H,12-14H2,1-5H3,(H,25,31)(H,26,28). The number of hydrogen-bond acceptors (Lipinski definition) is 5. The Hall–Kier alpha value is -3.68. The summed E-state index contributed by atoms with van der Waals surface area (Å²) in [5.74, 6) is -2.04. The summed E-state index contributed by atoms with van der Waals surface area (Å²) in [6.07, 6.45) is 0. The van der Waals surface area contributed by atoms with E-state index in [1.54, 1.807) is 12.1 Å². The fraction of sp³-hybridized carbons (Fsp3) is 0.333. The second-order valence-corrected chi connectivity index (χ2v) is 7.71. The van der Waals surface area contributed by atoms with E-state index in [1.807, 2.05) is 52.0 Å². The Morgan fingerprint density at radius 1 is 0.906 bits per heavy atom. The summed E-state index contributed by atoms with van der Waals surface area (Å²) in [6, 6.07) is 10.9. The molecule has 0 aliphatic heterocycles. The number of carbonyl (C=O) groups excluding carboxylic acids is 4. The number of nitrogens with zero attached hydrogens (tertiary/aromatic N) is 1. The first-order valence-corrected chi connectivity index (χ1v) is 10.2. The number of likely N-dealkylation sites (N-methyl/N-ethyl adjacent to an activating group) is 1. The molecule has 2 rings (SSSR count). The van der Waals surface area contributed by atoms with Gasteiger partial charge in [-0.2, -0.15) is 0 Å². The lowest BCUT2D eigenvalue weighted by molar-refractivity contribution is -0.150. The summed E-state index contributed by atoms with van der Waals surface area (Å²) in [5.41, 5.74) is 5.02. The van der Waals surface area contributed by atoms with E-state index >= 15 is 0 Å². The van der Waals surface area contributed by atoms with E-state index in [-0.39, 0.29) is 19.0 Å². The number of aryl methyl sites for hydroxylation is 4. The smallest absolute Gasteiger partial charge is 0.325 e. The maximum atomic E-state index is 12.3. The number of anilines is 1. The van der Waals surface area contributed by atoms with Crippen LogP contribution in [0.1, 0.15) is 32.6 Å². The van der Waals surface area contributed by atoms with Crippen molar-refractivity contribution in [1.82, 2.24) is 10.2 Å². The molecule has 2 aromatic carbocycles. The molecule has 3 amide bonds. The average Bonchev–Trinajstić information content (AvgIpc) is 2.74. The molecule has 0 heterocycles. The summed E-state index contributed by atoms with van der Waals surface area (Å²) in [4.78, 5) is 49.6. The van der Waals surface area contributed by atoms with Gasteiger partial charge in [-0.1, -0.05) is 24.3 Å². The molecule has 0 saturated carbocycles. The molecule has 8 heteroatoms. The quantitative estimate of drug-likeness (QED) is 0.614. The highest BCUT2D eigenvalue weighted by atomic mass is 16.5. The molecule has 0 fully saturated rings. The van der Waals surface area contributed by atoms with Crippen LogP contribution < -0.4 is 10.6 Å². The maximum absolute atomic E-state index is 12.3. The Bertz CT molecular complexity index is 1010. The van der Waals surface area contributed by atoms with Crippen LogP contribution in [0.15, 0.2) is 36.4 Å². The number of ether oxygens (including phenoxy) is 1. The van der Waals surface area contributed by atoms with Crippen molar-refractivity contribution in [3.63, 3.8) is 0 Å². The predicted molar refractivity (Wildman–Crippen MR) is 121 cm³/mol. The fourth-order valence-electron chi connectivity index (χ4n) is 2.93. The molecule has 2 N–H and O–H groups in total. The molecule has 32 heavy (non-hydrogen) atoms. The van der Waals surface area contributed by atoms with Crippen molar-refractivity contribution >= 4 is 29.4 Å². The van der Waals surface area contributed by atoms with E-state index in [0.29, 0.717) is 11.3 Å². The van der Waals surface area contributed by atoms with E-state index < -0.39 is 24.4 Å². The minimum absolute atomic E-state index is 0.187. The van der Waals surface area contributed by atoms with Crippen LogP contribution in [0.5, 0.6) is 0 Å². The molecule has 0 bridgehead atoms. The predicted octanol–water partition coefficient (Wildman–Crippen LogP) is 2.29. The molecule has 0 aliphatic carbocycles. The summed E-state index contributed by atoms with van der Waals surface area (Å²) >= 11 is 0. The van der Waals surface area contributed by atoms with Gasteiger partial charge in [-0.15, -0.1) is 0 Å². The van der Waals surface area contributed by atoms with Gasteiger partial charge in [0.05, 0.1) is 6.54 Å². The van der Waals surface area contributed by atoms with E-state index in [0.717, 1.165) is 22.3 Å². The number of benzene rings is 2. The maximum Gasteiger partial charge on any atom is 0.325 e. The molecule has 2 aromatic rings. The Morgan fingerprint density at radius 2 is 1.56 bits per heavy atom. The molecular formula is C24H29N3O5. The Kier molecular flexibility index (Phi) is 8.52. The van der Waals surface area contributed by atoms with E-state index in [2.05, 4.69) is 10.6 Å². The first-order valence-electron chi connectivity index (χ1n) is 10.2. The van der Waals surface area contributed by atoms with E-state index in [1.165, 1.54) is 11.9 Å². The second kappa shape index (κ2) is 11.1. The van der Waals surface area contributed by atoms with Gasteiger partial charge in [-0.3, -0.25) is 19.2 Å². The molecule has 0 atom stereocenters. The van der Waals surface area contributed by atoms with Crippen LogP contribution in [0, 0.1) is 27.7 Å². The van der Waals surface area contributed by atoms with Gasteiger partial charge in [0.25, 0.3) is 11.8 Å². The highest BCUT2D eigenvalue weighted by Crippen LogP contribution is 2.19. The zero-order chi connectivity index (χ0) is 23.8. The third-order valence-electron chi connectivity index (χ3n) is 5.07. The highest BCUT2D eigenvalue weighted by molar-refractivity contribution is 5.97. The van der Waals surface area contributed by atoms with E-state index in [9.17, 15) is 19.2 Å². The summed E-state index contributed by atoms with van der Waals surface area (Å²) in [7, 11) is 1.45. The van der Waals surface area contributed by atoms with Crippen LogP contribution in [0.4, 0.5) is 5.69 Å². The molecule has 0 saturated heterocycles. The van der Waals surface area contributed by atoms with Crippen LogP contribution in [0.25, 0.3) is 0 Å².